The molecule has 2 aromatic rings. The Bertz CT molecular complexity index is 737. The number of rotatable bonds is 3. The summed E-state index contributed by atoms with van der Waals surface area (Å²) in [4.78, 5) is 0.175. The number of para-hydroxylation sites is 1. The molecular weight excluding hydrogens is 342 g/mol. The lowest BCUT2D eigenvalue weighted by Gasteiger charge is -2.13. The zero-order valence-electron chi connectivity index (χ0n) is 11.0. The summed E-state index contributed by atoms with van der Waals surface area (Å²) in [6.07, 6.45) is 0. The smallest absolute Gasteiger partial charge is 0.262 e. The summed E-state index contributed by atoms with van der Waals surface area (Å²) in [6, 6.07) is 9.86. The quantitative estimate of drug-likeness (QED) is 0.827. The lowest BCUT2D eigenvalue weighted by Crippen LogP contribution is -2.15. The van der Waals surface area contributed by atoms with Crippen molar-refractivity contribution in [3.63, 3.8) is 0 Å². The fraction of sp³-hybridized carbons (Fsp3) is 0.143. The van der Waals surface area contributed by atoms with E-state index in [0.29, 0.717) is 15.6 Å². The molecule has 0 amide bonds. The van der Waals surface area contributed by atoms with Gasteiger partial charge in [0.1, 0.15) is 5.75 Å². The third-order valence-electron chi connectivity index (χ3n) is 2.93. The molecule has 2 rings (SSSR count). The van der Waals surface area contributed by atoms with Crippen LogP contribution in [0.4, 0.5) is 5.69 Å². The van der Waals surface area contributed by atoms with Crippen molar-refractivity contribution >= 4 is 31.6 Å². The van der Waals surface area contributed by atoms with Crippen LogP contribution < -0.4 is 4.72 Å². The van der Waals surface area contributed by atoms with E-state index >= 15 is 0 Å². The predicted molar refractivity (Wildman–Crippen MR) is 82.5 cm³/mol. The van der Waals surface area contributed by atoms with Gasteiger partial charge in [0.2, 0.25) is 0 Å². The molecule has 0 bridgehead atoms. The number of aromatic hydroxyl groups is 1. The Morgan fingerprint density at radius 1 is 1.10 bits per heavy atom. The largest absolute Gasteiger partial charge is 0.506 e. The standard InChI is InChI=1S/C14H14BrNO3S/c1-9-6-7-11(15)8-13(9)20(18,19)16-14-10(2)4-3-5-12(14)17/h3-8,16-17H,1-2H3. The van der Waals surface area contributed by atoms with Crippen LogP contribution in [0.2, 0.25) is 0 Å². The van der Waals surface area contributed by atoms with Crippen LogP contribution in [-0.4, -0.2) is 13.5 Å². The monoisotopic (exact) mass is 355 g/mol. The normalized spacial score (nSPS) is 11.3. The highest BCUT2D eigenvalue weighted by Gasteiger charge is 2.19. The van der Waals surface area contributed by atoms with Crippen LogP contribution in [0.3, 0.4) is 0 Å². The first-order valence-corrected chi connectivity index (χ1v) is 8.16. The van der Waals surface area contributed by atoms with Crippen LogP contribution in [0, 0.1) is 13.8 Å². The molecule has 0 unspecified atom stereocenters. The molecular formula is C14H14BrNO3S. The minimum atomic E-state index is -3.75. The van der Waals surface area contributed by atoms with Gasteiger partial charge in [-0.1, -0.05) is 34.1 Å². The Morgan fingerprint density at radius 2 is 1.80 bits per heavy atom. The van der Waals surface area contributed by atoms with Gasteiger partial charge in [0.05, 0.1) is 10.6 Å². The maximum absolute atomic E-state index is 12.4. The molecule has 0 aromatic heterocycles. The van der Waals surface area contributed by atoms with E-state index in [1.807, 2.05) is 0 Å². The van der Waals surface area contributed by atoms with E-state index in [2.05, 4.69) is 20.7 Å². The van der Waals surface area contributed by atoms with E-state index in [1.165, 1.54) is 12.1 Å². The van der Waals surface area contributed by atoms with Gasteiger partial charge in [-0.25, -0.2) is 8.42 Å². The molecule has 20 heavy (non-hydrogen) atoms. The first-order valence-electron chi connectivity index (χ1n) is 5.89. The van der Waals surface area contributed by atoms with Crippen molar-refractivity contribution in [1.29, 1.82) is 0 Å². The van der Waals surface area contributed by atoms with Gasteiger partial charge in [0.15, 0.2) is 0 Å². The molecule has 0 aliphatic heterocycles. The van der Waals surface area contributed by atoms with Crippen molar-refractivity contribution in [3.8, 4) is 5.75 Å². The Morgan fingerprint density at radius 3 is 2.45 bits per heavy atom. The molecule has 2 N–H and O–H groups in total. The van der Waals surface area contributed by atoms with Crippen molar-refractivity contribution in [2.45, 2.75) is 18.7 Å². The molecule has 0 aliphatic carbocycles. The van der Waals surface area contributed by atoms with Crippen molar-refractivity contribution in [2.75, 3.05) is 4.72 Å². The Labute approximate surface area is 126 Å². The topological polar surface area (TPSA) is 66.4 Å². The molecule has 0 spiro atoms. The third kappa shape index (κ3) is 2.96. The maximum Gasteiger partial charge on any atom is 0.262 e. The van der Waals surface area contributed by atoms with Gasteiger partial charge in [-0.3, -0.25) is 4.72 Å². The number of phenols is 1. The van der Waals surface area contributed by atoms with Gasteiger partial charge in [-0.15, -0.1) is 0 Å². The number of hydrogen-bond donors (Lipinski definition) is 2. The molecule has 0 aliphatic rings. The number of benzene rings is 2. The van der Waals surface area contributed by atoms with E-state index in [9.17, 15) is 13.5 Å². The lowest BCUT2D eigenvalue weighted by atomic mass is 10.2. The van der Waals surface area contributed by atoms with E-state index in [1.54, 1.807) is 38.1 Å². The summed E-state index contributed by atoms with van der Waals surface area (Å²) < 4.78 is 28.0. The van der Waals surface area contributed by atoms with Crippen LogP contribution >= 0.6 is 15.9 Å². The number of phenolic OH excluding ortho intramolecular Hbond substituents is 1. The summed E-state index contributed by atoms with van der Waals surface area (Å²) in [5.41, 5.74) is 1.49. The fourth-order valence-corrected chi connectivity index (χ4v) is 3.77. The van der Waals surface area contributed by atoms with Crippen molar-refractivity contribution < 1.29 is 13.5 Å². The summed E-state index contributed by atoms with van der Waals surface area (Å²) >= 11 is 3.26. The molecule has 0 saturated carbocycles. The summed E-state index contributed by atoms with van der Waals surface area (Å²) in [6.45, 7) is 3.45. The molecule has 106 valence electrons. The van der Waals surface area contributed by atoms with Gasteiger partial charge in [0, 0.05) is 4.47 Å². The highest BCUT2D eigenvalue weighted by atomic mass is 79.9. The number of sulfonamides is 1. The van der Waals surface area contributed by atoms with Gasteiger partial charge >= 0.3 is 0 Å². The van der Waals surface area contributed by atoms with Crippen LogP contribution in [0.1, 0.15) is 11.1 Å². The number of anilines is 1. The van der Waals surface area contributed by atoms with Gasteiger partial charge in [0.25, 0.3) is 10.0 Å². The number of nitrogens with one attached hydrogen (secondary N) is 1. The van der Waals surface area contributed by atoms with Crippen LogP contribution in [0.5, 0.6) is 5.75 Å². The molecule has 0 saturated heterocycles. The van der Waals surface area contributed by atoms with Crippen molar-refractivity contribution in [3.05, 3.63) is 52.0 Å². The van der Waals surface area contributed by atoms with Crippen LogP contribution in [0.15, 0.2) is 45.8 Å². The highest BCUT2D eigenvalue weighted by Crippen LogP contribution is 2.30. The van der Waals surface area contributed by atoms with E-state index < -0.39 is 10.0 Å². The average Bonchev–Trinajstić information content (AvgIpc) is 2.37. The first kappa shape index (κ1) is 14.9. The summed E-state index contributed by atoms with van der Waals surface area (Å²) in [5.74, 6) is -0.0961. The zero-order valence-corrected chi connectivity index (χ0v) is 13.4. The van der Waals surface area contributed by atoms with Crippen molar-refractivity contribution in [2.24, 2.45) is 0 Å². The number of halogens is 1. The highest BCUT2D eigenvalue weighted by molar-refractivity contribution is 9.10. The second kappa shape index (κ2) is 5.46. The molecule has 2 aromatic carbocycles. The molecule has 0 atom stereocenters. The Kier molecular flexibility index (Phi) is 4.06. The third-order valence-corrected chi connectivity index (χ3v) is 4.91. The average molecular weight is 356 g/mol. The number of aryl methyl sites for hydroxylation is 2. The van der Waals surface area contributed by atoms with Crippen molar-refractivity contribution in [1.82, 2.24) is 0 Å². The SMILES string of the molecule is Cc1ccc(Br)cc1S(=O)(=O)Nc1c(C)cccc1O. The lowest BCUT2D eigenvalue weighted by molar-refractivity contribution is 0.477. The molecule has 0 radical (unpaired) electrons. The molecule has 6 heteroatoms. The fourth-order valence-electron chi connectivity index (χ4n) is 1.84. The van der Waals surface area contributed by atoms with E-state index in [4.69, 9.17) is 0 Å². The van der Waals surface area contributed by atoms with E-state index in [-0.39, 0.29) is 16.3 Å². The summed E-state index contributed by atoms with van der Waals surface area (Å²) in [5, 5.41) is 9.79. The second-order valence-electron chi connectivity index (χ2n) is 4.48. The molecule has 4 nitrogen and oxygen atoms in total. The molecule has 0 fully saturated rings. The minimum absolute atomic E-state index is 0.0961. The van der Waals surface area contributed by atoms with Gasteiger partial charge < -0.3 is 5.11 Å². The van der Waals surface area contributed by atoms with Gasteiger partial charge in [-0.05, 0) is 43.2 Å². The number of hydrogen-bond acceptors (Lipinski definition) is 3. The van der Waals surface area contributed by atoms with Crippen LogP contribution in [0.25, 0.3) is 0 Å². The first-order chi connectivity index (χ1) is 9.31. The second-order valence-corrected chi connectivity index (χ2v) is 7.05. The van der Waals surface area contributed by atoms with Gasteiger partial charge in [-0.2, -0.15) is 0 Å². The van der Waals surface area contributed by atoms with Crippen LogP contribution in [-0.2, 0) is 10.0 Å². The Balaban J connectivity index is 2.49. The molecule has 0 heterocycles. The minimum Gasteiger partial charge on any atom is -0.506 e. The predicted octanol–water partition coefficient (Wildman–Crippen LogP) is 3.57. The zero-order chi connectivity index (χ0) is 14.9. The van der Waals surface area contributed by atoms with E-state index in [0.717, 1.165) is 0 Å². The maximum atomic E-state index is 12.4. The summed E-state index contributed by atoms with van der Waals surface area (Å²) in [7, 11) is -3.75. The Hall–Kier alpha value is -1.53.